The van der Waals surface area contributed by atoms with Gasteiger partial charge in [0.05, 0.1) is 17.6 Å². The van der Waals surface area contributed by atoms with Gasteiger partial charge in [0.25, 0.3) is 5.91 Å². The normalized spacial score (nSPS) is 18.9. The van der Waals surface area contributed by atoms with Gasteiger partial charge in [-0.15, -0.1) is 23.5 Å². The van der Waals surface area contributed by atoms with Crippen molar-refractivity contribution in [2.45, 2.75) is 56.4 Å². The zero-order valence-electron chi connectivity index (χ0n) is 22.4. The van der Waals surface area contributed by atoms with E-state index in [0.717, 1.165) is 4.90 Å². The van der Waals surface area contributed by atoms with Crippen LogP contribution in [0, 0.1) is 6.92 Å². The highest BCUT2D eigenvalue weighted by molar-refractivity contribution is 8.00. The minimum Gasteiger partial charge on any atom is -0.431 e. The molecule has 1 aromatic carbocycles. The lowest BCUT2D eigenvalue weighted by Crippen LogP contribution is -2.70. The van der Waals surface area contributed by atoms with E-state index in [4.69, 9.17) is 18.7 Å². The number of carbonyl (C=O) groups excluding carboxylic acids is 4. The van der Waals surface area contributed by atoms with Crippen molar-refractivity contribution in [3.8, 4) is 0 Å². The fourth-order valence-electron chi connectivity index (χ4n) is 3.96. The van der Waals surface area contributed by atoms with E-state index in [9.17, 15) is 19.2 Å². The smallest absolute Gasteiger partial charge is 0.431 e. The van der Waals surface area contributed by atoms with Gasteiger partial charge in [-0.2, -0.15) is 0 Å². The number of carbonyl (C=O) groups is 4. The van der Waals surface area contributed by atoms with Crippen molar-refractivity contribution in [2.24, 2.45) is 0 Å². The van der Waals surface area contributed by atoms with Crippen molar-refractivity contribution >= 4 is 53.0 Å². The third-order valence-electron chi connectivity index (χ3n) is 5.75. The summed E-state index contributed by atoms with van der Waals surface area (Å²) in [5.41, 5.74) is 1.30. The first kappa shape index (κ1) is 29.3. The van der Waals surface area contributed by atoms with Crippen LogP contribution in [-0.4, -0.2) is 69.3 Å². The molecule has 0 unspecified atom stereocenters. The number of allylic oxidation sites excluding steroid dienone is 1. The van der Waals surface area contributed by atoms with Crippen molar-refractivity contribution in [1.29, 1.82) is 0 Å². The number of benzene rings is 1. The number of ether oxygens (including phenoxy) is 3. The summed E-state index contributed by atoms with van der Waals surface area (Å²) in [5, 5.41) is 6.10. The SMILES string of the molecule is C=C(C1=C(C(=O)O[C@@H](C)OC(=O)OC(C)C)N2C(=O)[C@@H](NC(=O)CSc3ccccc3)[C@H]2SC1)c1cc(C)no1. The quantitative estimate of drug-likeness (QED) is 0.188. The molecule has 0 saturated carbocycles. The van der Waals surface area contributed by atoms with Gasteiger partial charge in [0.1, 0.15) is 17.1 Å². The van der Waals surface area contributed by atoms with E-state index >= 15 is 0 Å². The van der Waals surface area contributed by atoms with Crippen LogP contribution in [0.2, 0.25) is 0 Å². The molecular weight excluding hydrogens is 558 g/mol. The molecule has 2 aliphatic heterocycles. The third kappa shape index (κ3) is 6.70. The first-order valence-corrected chi connectivity index (χ1v) is 14.4. The fourth-order valence-corrected chi connectivity index (χ4v) is 6.08. The van der Waals surface area contributed by atoms with Gasteiger partial charge in [-0.05, 0) is 32.9 Å². The summed E-state index contributed by atoms with van der Waals surface area (Å²) < 4.78 is 20.6. The maximum absolute atomic E-state index is 13.4. The molecule has 1 aromatic heterocycles. The molecule has 2 aromatic rings. The second-order valence-electron chi connectivity index (χ2n) is 9.20. The lowest BCUT2D eigenvalue weighted by molar-refractivity contribution is -0.169. The van der Waals surface area contributed by atoms with Crippen LogP contribution in [0.3, 0.4) is 0 Å². The highest BCUT2D eigenvalue weighted by Gasteiger charge is 2.55. The Bertz CT molecular complexity index is 1340. The van der Waals surface area contributed by atoms with Gasteiger partial charge in [0.2, 0.25) is 12.2 Å². The Morgan fingerprint density at radius 2 is 1.93 bits per heavy atom. The molecule has 3 heterocycles. The van der Waals surface area contributed by atoms with E-state index in [0.29, 0.717) is 22.6 Å². The molecule has 1 N–H and O–H groups in total. The van der Waals surface area contributed by atoms with Gasteiger partial charge in [0.15, 0.2) is 5.76 Å². The van der Waals surface area contributed by atoms with Crippen LogP contribution in [-0.2, 0) is 28.6 Å². The highest BCUT2D eigenvalue weighted by Crippen LogP contribution is 2.44. The molecule has 40 heavy (non-hydrogen) atoms. The average molecular weight is 588 g/mol. The number of fused-ring (bicyclic) bond motifs is 1. The second kappa shape index (κ2) is 12.6. The topological polar surface area (TPSA) is 137 Å². The third-order valence-corrected chi connectivity index (χ3v) is 8.04. The van der Waals surface area contributed by atoms with Gasteiger partial charge in [-0.1, -0.05) is 29.9 Å². The van der Waals surface area contributed by atoms with Crippen molar-refractivity contribution in [2.75, 3.05) is 11.5 Å². The number of esters is 1. The maximum Gasteiger partial charge on any atom is 0.511 e. The molecule has 11 nitrogen and oxygen atoms in total. The Balaban J connectivity index is 1.51. The second-order valence-corrected chi connectivity index (χ2v) is 11.4. The van der Waals surface area contributed by atoms with Gasteiger partial charge in [-0.25, -0.2) is 9.59 Å². The number of nitrogens with zero attached hydrogens (tertiary/aromatic N) is 2. The summed E-state index contributed by atoms with van der Waals surface area (Å²) in [6, 6.07) is 10.3. The molecule has 1 fully saturated rings. The van der Waals surface area contributed by atoms with Gasteiger partial charge in [-0.3, -0.25) is 14.5 Å². The summed E-state index contributed by atoms with van der Waals surface area (Å²) >= 11 is 2.72. The Morgan fingerprint density at radius 1 is 1.20 bits per heavy atom. The first-order chi connectivity index (χ1) is 19.0. The predicted octanol–water partition coefficient (Wildman–Crippen LogP) is 3.89. The molecule has 0 radical (unpaired) electrons. The first-order valence-electron chi connectivity index (χ1n) is 12.4. The molecular formula is C27H29N3O8S2. The zero-order chi connectivity index (χ0) is 29.0. The lowest BCUT2D eigenvalue weighted by Gasteiger charge is -2.49. The minimum absolute atomic E-state index is 0.0651. The van der Waals surface area contributed by atoms with Crippen molar-refractivity contribution < 1.29 is 37.9 Å². The summed E-state index contributed by atoms with van der Waals surface area (Å²) in [6.07, 6.45) is -2.73. The number of aromatic nitrogens is 1. The van der Waals surface area contributed by atoms with Gasteiger partial charge in [0, 0.05) is 34.8 Å². The number of hydrogen-bond donors (Lipinski definition) is 1. The molecule has 1 saturated heterocycles. The monoisotopic (exact) mass is 587 g/mol. The van der Waals surface area contributed by atoms with Gasteiger partial charge >= 0.3 is 12.1 Å². The van der Waals surface area contributed by atoms with E-state index in [1.807, 2.05) is 30.3 Å². The Morgan fingerprint density at radius 3 is 2.58 bits per heavy atom. The molecule has 3 atom stereocenters. The van der Waals surface area contributed by atoms with Crippen LogP contribution in [0.5, 0.6) is 0 Å². The Hall–Kier alpha value is -3.71. The van der Waals surface area contributed by atoms with Crippen molar-refractivity contribution in [3.63, 3.8) is 0 Å². The molecule has 0 aliphatic carbocycles. The van der Waals surface area contributed by atoms with Crippen LogP contribution in [0.4, 0.5) is 4.79 Å². The standard InChI is InChI=1S/C27H29N3O8S2/c1-14(2)35-27(34)37-17(5)36-26(33)23-19(16(4)20-11-15(3)29-38-20)12-40-25-22(24(32)30(23)25)28-21(31)13-39-18-9-7-6-8-10-18/h6-11,14,17,22,25H,4,12-13H2,1-3,5H3,(H,28,31)/t17-,22-,25-/m1/s1. The molecule has 13 heteroatoms. The van der Waals surface area contributed by atoms with Crippen LogP contribution >= 0.6 is 23.5 Å². The van der Waals surface area contributed by atoms with Crippen LogP contribution < -0.4 is 5.32 Å². The summed E-state index contributed by atoms with van der Waals surface area (Å²) in [4.78, 5) is 53.4. The largest absolute Gasteiger partial charge is 0.511 e. The number of aryl methyl sites for hydroxylation is 1. The van der Waals surface area contributed by atoms with E-state index < -0.39 is 41.8 Å². The Labute approximate surface area is 239 Å². The lowest BCUT2D eigenvalue weighted by atomic mass is 9.98. The maximum atomic E-state index is 13.4. The van der Waals surface area contributed by atoms with Crippen LogP contribution in [0.1, 0.15) is 32.2 Å². The predicted molar refractivity (Wildman–Crippen MR) is 148 cm³/mol. The average Bonchev–Trinajstić information content (AvgIpc) is 3.35. The highest BCUT2D eigenvalue weighted by atomic mass is 32.2. The van der Waals surface area contributed by atoms with Crippen LogP contribution in [0.25, 0.3) is 5.57 Å². The minimum atomic E-state index is -1.30. The Kier molecular flexibility index (Phi) is 9.25. The van der Waals surface area contributed by atoms with Crippen molar-refractivity contribution in [3.05, 3.63) is 65.7 Å². The number of amides is 2. The summed E-state index contributed by atoms with van der Waals surface area (Å²) in [5.74, 6) is -0.956. The number of β-lactam (4-membered cyclic amide) rings is 1. The molecule has 0 spiro atoms. The molecule has 2 amide bonds. The van der Waals surface area contributed by atoms with E-state index in [-0.39, 0.29) is 23.1 Å². The number of thioether (sulfide) groups is 2. The van der Waals surface area contributed by atoms with E-state index in [1.54, 1.807) is 26.8 Å². The number of nitrogens with one attached hydrogen (secondary N) is 1. The number of hydrogen-bond acceptors (Lipinski definition) is 11. The van der Waals surface area contributed by atoms with Crippen molar-refractivity contribution in [1.82, 2.24) is 15.4 Å². The molecule has 0 bridgehead atoms. The number of rotatable bonds is 10. The molecule has 212 valence electrons. The van der Waals surface area contributed by atoms with E-state index in [2.05, 4.69) is 17.1 Å². The van der Waals surface area contributed by atoms with E-state index in [1.165, 1.54) is 35.3 Å². The van der Waals surface area contributed by atoms with Gasteiger partial charge < -0.3 is 24.1 Å². The fraction of sp³-hybridized carbons (Fsp3) is 0.370. The molecule has 2 aliphatic rings. The van der Waals surface area contributed by atoms with Crippen LogP contribution in [0.15, 0.2) is 63.7 Å². The summed E-state index contributed by atoms with van der Waals surface area (Å²) in [6.45, 7) is 10.5. The summed E-state index contributed by atoms with van der Waals surface area (Å²) in [7, 11) is 0. The molecule has 4 rings (SSSR count). The zero-order valence-corrected chi connectivity index (χ0v) is 24.0.